The van der Waals surface area contributed by atoms with Crippen LogP contribution in [0.2, 0.25) is 5.02 Å². The van der Waals surface area contributed by atoms with E-state index in [1.807, 2.05) is 0 Å². The van der Waals surface area contributed by atoms with E-state index in [1.165, 1.54) is 4.90 Å². The molecule has 0 unspecified atom stereocenters. The zero-order valence-corrected chi connectivity index (χ0v) is 20.6. The van der Waals surface area contributed by atoms with Gasteiger partial charge in [0.05, 0.1) is 10.6 Å². The van der Waals surface area contributed by atoms with Crippen molar-refractivity contribution < 1.29 is 19.5 Å². The van der Waals surface area contributed by atoms with E-state index >= 15 is 0 Å². The van der Waals surface area contributed by atoms with Crippen molar-refractivity contribution in [2.75, 3.05) is 38.0 Å². The van der Waals surface area contributed by atoms with Gasteiger partial charge < -0.3 is 25.1 Å². The number of nitrogens with one attached hydrogen (secondary N) is 1. The number of nitrogens with zero attached hydrogens (tertiary/aromatic N) is 3. The van der Waals surface area contributed by atoms with Gasteiger partial charge in [-0.25, -0.2) is 4.79 Å². The fraction of sp³-hybridized carbons (Fsp3) is 0.571. The van der Waals surface area contributed by atoms with Gasteiger partial charge in [0.2, 0.25) is 11.8 Å². The maximum Gasteiger partial charge on any atom is 0.322 e. The number of piperazine rings is 1. The van der Waals surface area contributed by atoms with Crippen LogP contribution in [-0.4, -0.2) is 82.0 Å². The second-order valence-corrected chi connectivity index (χ2v) is 9.95. The lowest BCUT2D eigenvalue weighted by molar-refractivity contribution is -0.141. The molecule has 2 saturated heterocycles. The van der Waals surface area contributed by atoms with Gasteiger partial charge in [-0.1, -0.05) is 11.6 Å². The van der Waals surface area contributed by atoms with E-state index < -0.39 is 11.6 Å². The molecular weight excluding hydrogens is 535 g/mol. The van der Waals surface area contributed by atoms with Crippen molar-refractivity contribution in [2.24, 2.45) is 0 Å². The van der Waals surface area contributed by atoms with Crippen LogP contribution in [0.15, 0.2) is 18.2 Å². The predicted octanol–water partition coefficient (Wildman–Crippen LogP) is 2.77. The van der Waals surface area contributed by atoms with E-state index in [-0.39, 0.29) is 24.3 Å². The topological polar surface area (TPSA) is 93.2 Å². The quantitative estimate of drug-likeness (QED) is 0.552. The molecule has 0 saturated carbocycles. The van der Waals surface area contributed by atoms with Gasteiger partial charge in [-0.05, 0) is 67.5 Å². The van der Waals surface area contributed by atoms with Crippen LogP contribution >= 0.6 is 34.2 Å². The third-order valence-electron chi connectivity index (χ3n) is 5.97. The molecule has 2 aliphatic heterocycles. The first-order valence-corrected chi connectivity index (χ1v) is 11.8. The second kappa shape index (κ2) is 9.91. The summed E-state index contributed by atoms with van der Waals surface area (Å²) in [5.74, 6) is -0.171. The Hall–Kier alpha value is -1.59. The molecule has 2 fully saturated rings. The molecule has 0 spiro atoms. The van der Waals surface area contributed by atoms with Gasteiger partial charge in [-0.3, -0.25) is 9.59 Å². The van der Waals surface area contributed by atoms with Crippen molar-refractivity contribution in [2.45, 2.75) is 44.8 Å². The van der Waals surface area contributed by atoms with Crippen molar-refractivity contribution in [3.8, 4) is 0 Å². The van der Waals surface area contributed by atoms with Crippen LogP contribution in [0.25, 0.3) is 0 Å². The van der Waals surface area contributed by atoms with Crippen molar-refractivity contribution in [3.63, 3.8) is 0 Å². The van der Waals surface area contributed by atoms with Gasteiger partial charge >= 0.3 is 6.03 Å². The summed E-state index contributed by atoms with van der Waals surface area (Å²) >= 11 is 8.11. The fourth-order valence-electron chi connectivity index (χ4n) is 3.82. The van der Waals surface area contributed by atoms with Crippen LogP contribution in [0.1, 0.15) is 33.1 Å². The van der Waals surface area contributed by atoms with Crippen molar-refractivity contribution >= 4 is 57.7 Å². The Kier molecular flexibility index (Phi) is 7.69. The number of urea groups is 1. The molecule has 3 rings (SSSR count). The Morgan fingerprint density at radius 2 is 1.94 bits per heavy atom. The zero-order valence-electron chi connectivity index (χ0n) is 17.7. The lowest BCUT2D eigenvalue weighted by Gasteiger charge is -2.39. The molecular formula is C21H28ClIN4O4. The van der Waals surface area contributed by atoms with E-state index in [1.54, 1.807) is 41.8 Å². The minimum atomic E-state index is -0.705. The number of piperidine rings is 1. The molecule has 4 amide bonds. The molecule has 8 nitrogen and oxygen atoms in total. The van der Waals surface area contributed by atoms with Gasteiger partial charge in [-0.2, -0.15) is 0 Å². The van der Waals surface area contributed by atoms with E-state index in [0.29, 0.717) is 56.3 Å². The van der Waals surface area contributed by atoms with Crippen LogP contribution in [0.4, 0.5) is 10.5 Å². The molecule has 2 heterocycles. The highest BCUT2D eigenvalue weighted by Crippen LogP contribution is 2.24. The maximum atomic E-state index is 12.8. The van der Waals surface area contributed by atoms with E-state index in [9.17, 15) is 19.5 Å². The summed E-state index contributed by atoms with van der Waals surface area (Å²) in [4.78, 5) is 42.9. The number of carbonyl (C=O) groups excluding carboxylic acids is 3. The average Bonchev–Trinajstić information content (AvgIpc) is 2.71. The summed E-state index contributed by atoms with van der Waals surface area (Å²) in [6, 6.07) is 4.26. The van der Waals surface area contributed by atoms with Crippen LogP contribution in [0.5, 0.6) is 0 Å². The molecule has 2 aliphatic rings. The number of halogens is 2. The number of benzene rings is 1. The highest BCUT2D eigenvalue weighted by atomic mass is 127. The molecule has 1 aromatic carbocycles. The van der Waals surface area contributed by atoms with Gasteiger partial charge in [0.1, 0.15) is 6.04 Å². The van der Waals surface area contributed by atoms with Gasteiger partial charge in [0, 0.05) is 48.4 Å². The summed E-state index contributed by atoms with van der Waals surface area (Å²) in [6.45, 7) is 5.68. The molecule has 0 radical (unpaired) electrons. The van der Waals surface area contributed by atoms with Crippen molar-refractivity contribution in [3.05, 3.63) is 26.8 Å². The summed E-state index contributed by atoms with van der Waals surface area (Å²) < 4.78 is 0.827. The highest BCUT2D eigenvalue weighted by Gasteiger charge is 2.35. The number of anilines is 1. The molecule has 0 aliphatic carbocycles. The molecule has 2 N–H and O–H groups in total. The molecule has 170 valence electrons. The molecule has 10 heteroatoms. The third-order valence-corrected chi connectivity index (χ3v) is 7.51. The summed E-state index contributed by atoms with van der Waals surface area (Å²) in [6.07, 6.45) is 1.38. The van der Waals surface area contributed by atoms with Crippen LogP contribution < -0.4 is 5.32 Å². The van der Waals surface area contributed by atoms with Crippen molar-refractivity contribution in [1.82, 2.24) is 14.7 Å². The number of rotatable bonds is 4. The zero-order chi connectivity index (χ0) is 22.8. The smallest absolute Gasteiger partial charge is 0.322 e. The Balaban J connectivity index is 1.50. The first kappa shape index (κ1) is 24.1. The van der Waals surface area contributed by atoms with Crippen LogP contribution in [0, 0.1) is 3.57 Å². The summed E-state index contributed by atoms with van der Waals surface area (Å²) in [5.41, 5.74) is -0.0874. The lowest BCUT2D eigenvalue weighted by atomic mass is 9.94. The number of hydrogen-bond acceptors (Lipinski definition) is 4. The Bertz CT molecular complexity index is 856. The molecule has 1 aromatic rings. The maximum absolute atomic E-state index is 12.8. The van der Waals surface area contributed by atoms with E-state index in [2.05, 4.69) is 27.9 Å². The SMILES string of the molecule is C[C@H]1C(=O)N(CCC(=O)N2CCC(C)(O)CC2)CCN1C(=O)Nc1ccc(Cl)c(I)c1. The van der Waals surface area contributed by atoms with Gasteiger partial charge in [-0.15, -0.1) is 0 Å². The van der Waals surface area contributed by atoms with Crippen LogP contribution in [0.3, 0.4) is 0 Å². The number of hydrogen-bond donors (Lipinski definition) is 2. The van der Waals surface area contributed by atoms with Crippen molar-refractivity contribution in [1.29, 1.82) is 0 Å². The Labute approximate surface area is 201 Å². The first-order chi connectivity index (χ1) is 14.6. The predicted molar refractivity (Wildman–Crippen MR) is 127 cm³/mol. The number of amides is 4. The van der Waals surface area contributed by atoms with E-state index in [0.717, 1.165) is 3.57 Å². The van der Waals surface area contributed by atoms with Gasteiger partial charge in [0.25, 0.3) is 0 Å². The average molecular weight is 563 g/mol. The normalized spacial score (nSPS) is 21.3. The number of carbonyl (C=O) groups is 3. The number of likely N-dealkylation sites (tertiary alicyclic amines) is 1. The standard InChI is InChI=1S/C21H28ClIN4O4/c1-14-19(29)26(8-5-18(28)25-9-6-21(2,31)7-10-25)11-12-27(14)20(30)24-15-3-4-16(22)17(23)13-15/h3-4,13-14,31H,5-12H2,1-2H3,(H,24,30)/t14-/m0/s1. The summed E-state index contributed by atoms with van der Waals surface area (Å²) in [7, 11) is 0. The monoisotopic (exact) mass is 562 g/mol. The first-order valence-electron chi connectivity index (χ1n) is 10.4. The molecule has 1 atom stereocenters. The minimum absolute atomic E-state index is 0.00605. The molecule has 31 heavy (non-hydrogen) atoms. The minimum Gasteiger partial charge on any atom is -0.390 e. The van der Waals surface area contributed by atoms with Gasteiger partial charge in [0.15, 0.2) is 0 Å². The number of aliphatic hydroxyl groups is 1. The third kappa shape index (κ3) is 6.01. The highest BCUT2D eigenvalue weighted by molar-refractivity contribution is 14.1. The second-order valence-electron chi connectivity index (χ2n) is 8.38. The summed E-state index contributed by atoms with van der Waals surface area (Å²) in [5, 5.41) is 13.5. The lowest BCUT2D eigenvalue weighted by Crippen LogP contribution is -2.58. The fourth-order valence-corrected chi connectivity index (χ4v) is 4.46. The Morgan fingerprint density at radius 3 is 2.58 bits per heavy atom. The molecule has 0 bridgehead atoms. The Morgan fingerprint density at radius 1 is 1.26 bits per heavy atom. The largest absolute Gasteiger partial charge is 0.390 e. The van der Waals surface area contributed by atoms with E-state index in [4.69, 9.17) is 11.6 Å². The van der Waals surface area contributed by atoms with Crippen LogP contribution in [-0.2, 0) is 9.59 Å². The molecule has 0 aromatic heterocycles.